The number of carbonyl (C=O) groups is 1. The van der Waals surface area contributed by atoms with Crippen molar-refractivity contribution >= 4 is 5.97 Å². The van der Waals surface area contributed by atoms with Crippen molar-refractivity contribution in [2.75, 3.05) is 0 Å². The number of halogens is 13. The van der Waals surface area contributed by atoms with E-state index in [0.717, 1.165) is 42.9 Å². The molecule has 0 aliphatic heterocycles. The van der Waals surface area contributed by atoms with Crippen LogP contribution in [0.1, 0.15) is 150 Å². The van der Waals surface area contributed by atoms with E-state index in [2.05, 4.69) is 34.6 Å². The highest BCUT2D eigenvalue weighted by molar-refractivity contribution is 5.69. The van der Waals surface area contributed by atoms with E-state index < -0.39 is 54.6 Å². The first-order valence-corrected chi connectivity index (χ1v) is 20.2. The van der Waals surface area contributed by atoms with Gasteiger partial charge in [-0.1, -0.05) is 66.7 Å². The van der Waals surface area contributed by atoms with E-state index in [-0.39, 0.29) is 37.2 Å². The van der Waals surface area contributed by atoms with Crippen LogP contribution in [0.2, 0.25) is 0 Å². The van der Waals surface area contributed by atoms with Gasteiger partial charge in [-0.05, 0) is 123 Å². The maximum Gasteiger partial charge on any atom is 0.460 e. The second-order valence-electron chi connectivity index (χ2n) is 18.5. The lowest BCUT2D eigenvalue weighted by atomic mass is 9.44. The summed E-state index contributed by atoms with van der Waals surface area (Å²) in [6, 6.07) is 0. The first kappa shape index (κ1) is 46.3. The summed E-state index contributed by atoms with van der Waals surface area (Å²) < 4.78 is 179. The third kappa shape index (κ3) is 8.52. The van der Waals surface area contributed by atoms with Crippen LogP contribution in [0.5, 0.6) is 0 Å². The van der Waals surface area contributed by atoms with E-state index in [1.54, 1.807) is 0 Å². The molecule has 0 radical (unpaired) electrons. The highest BCUT2D eigenvalue weighted by Crippen LogP contribution is 2.69. The van der Waals surface area contributed by atoms with Gasteiger partial charge in [0.2, 0.25) is 0 Å². The predicted molar refractivity (Wildman–Crippen MR) is 181 cm³/mol. The molecule has 0 spiro atoms. The van der Waals surface area contributed by atoms with Gasteiger partial charge in [0, 0.05) is 12.8 Å². The molecule has 2 nitrogen and oxygen atoms in total. The Hall–Kier alpha value is -1.44. The van der Waals surface area contributed by atoms with Crippen LogP contribution in [0.3, 0.4) is 0 Å². The molecule has 15 heteroatoms. The zero-order chi connectivity index (χ0) is 41.6. The van der Waals surface area contributed by atoms with Crippen LogP contribution >= 0.6 is 0 Å². The third-order valence-electron chi connectivity index (χ3n) is 14.7. The highest BCUT2D eigenvalue weighted by atomic mass is 19.4. The van der Waals surface area contributed by atoms with E-state index >= 15 is 0 Å². The fourth-order valence-corrected chi connectivity index (χ4v) is 11.5. The molecule has 55 heavy (non-hydrogen) atoms. The lowest BCUT2D eigenvalue weighted by Gasteiger charge is -2.61. The summed E-state index contributed by atoms with van der Waals surface area (Å²) in [7, 11) is 0. The summed E-state index contributed by atoms with van der Waals surface area (Å²) in [5.74, 6) is -32.5. The van der Waals surface area contributed by atoms with Crippen LogP contribution in [0.4, 0.5) is 57.1 Å². The number of hydrogen-bond donors (Lipinski definition) is 0. The molecule has 4 rings (SSSR count). The lowest BCUT2D eigenvalue weighted by Crippen LogP contribution is -2.70. The number of unbranched alkanes of at least 4 members (excludes halogenated alkanes) is 3. The Morgan fingerprint density at radius 2 is 1.22 bits per heavy atom. The summed E-state index contributed by atoms with van der Waals surface area (Å²) in [5.41, 5.74) is 0.541. The van der Waals surface area contributed by atoms with Crippen molar-refractivity contribution in [2.24, 2.45) is 52.3 Å². The summed E-state index contributed by atoms with van der Waals surface area (Å²) in [6.07, 6.45) is 2.14. The van der Waals surface area contributed by atoms with Crippen LogP contribution in [-0.4, -0.2) is 47.9 Å². The Morgan fingerprint density at radius 3 is 1.84 bits per heavy atom. The average molecular weight is 819 g/mol. The second-order valence-corrected chi connectivity index (χ2v) is 18.5. The van der Waals surface area contributed by atoms with E-state index in [1.165, 1.54) is 51.4 Å². The SMILES string of the molecule is CC(C)CCCC(C)C1CCC2C3CCC4CC(OC(=O)CCCCCCC(F)(F)C(F)(F)C(F)(F)C(F)(F)C(F)(F)C(F)(F)F)CCC4(C)C3CCC12C. The molecule has 0 aromatic rings. The van der Waals surface area contributed by atoms with Gasteiger partial charge in [-0.25, -0.2) is 0 Å². The van der Waals surface area contributed by atoms with E-state index in [0.29, 0.717) is 29.6 Å². The topological polar surface area (TPSA) is 26.3 Å². The number of rotatable bonds is 17. The first-order valence-electron chi connectivity index (χ1n) is 20.2. The normalized spacial score (nSPS) is 32.9. The smallest absolute Gasteiger partial charge is 0.460 e. The van der Waals surface area contributed by atoms with Crippen molar-refractivity contribution in [3.05, 3.63) is 0 Å². The molecule has 4 fully saturated rings. The molecule has 0 bridgehead atoms. The highest BCUT2D eigenvalue weighted by Gasteiger charge is 2.90. The van der Waals surface area contributed by atoms with Gasteiger partial charge in [-0.15, -0.1) is 0 Å². The number of hydrogen-bond acceptors (Lipinski definition) is 2. The van der Waals surface area contributed by atoms with E-state index in [9.17, 15) is 61.9 Å². The van der Waals surface area contributed by atoms with Gasteiger partial charge in [0.25, 0.3) is 0 Å². The van der Waals surface area contributed by atoms with Crippen molar-refractivity contribution in [1.29, 1.82) is 0 Å². The molecule has 9 atom stereocenters. The van der Waals surface area contributed by atoms with Crippen LogP contribution < -0.4 is 0 Å². The Balaban J connectivity index is 1.21. The number of ether oxygens (including phenoxy) is 1. The van der Waals surface area contributed by atoms with Crippen LogP contribution in [0.15, 0.2) is 0 Å². The Kier molecular flexibility index (Phi) is 13.7. The molecule has 9 unspecified atom stereocenters. The Morgan fingerprint density at radius 1 is 0.636 bits per heavy atom. The van der Waals surface area contributed by atoms with Gasteiger partial charge < -0.3 is 4.74 Å². The third-order valence-corrected chi connectivity index (χ3v) is 14.7. The van der Waals surface area contributed by atoms with Crippen LogP contribution in [0, 0.1) is 52.3 Å². The molecule has 0 aromatic heterocycles. The standard InChI is InChI=1S/C40H59F13O2/c1-24(2)11-10-12-25(3)29-16-17-30-28-15-14-26-23-27(18-21-33(26,4)31(28)19-22-34(29,30)5)55-32(54)13-8-6-7-9-20-35(41,42)36(43,44)37(45,46)38(47,48)39(49,50)40(51,52)53/h24-31H,6-23H2,1-5H3. The molecule has 4 aliphatic rings. The van der Waals surface area contributed by atoms with Crippen LogP contribution in [0.25, 0.3) is 0 Å². The molecule has 0 saturated heterocycles. The van der Waals surface area contributed by atoms with Crippen molar-refractivity contribution in [3.63, 3.8) is 0 Å². The lowest BCUT2D eigenvalue weighted by molar-refractivity contribution is -0.440. The van der Waals surface area contributed by atoms with Crippen LogP contribution in [-0.2, 0) is 9.53 Å². The second kappa shape index (κ2) is 16.3. The maximum absolute atomic E-state index is 14.1. The number of esters is 1. The zero-order valence-corrected chi connectivity index (χ0v) is 32.6. The van der Waals surface area contributed by atoms with E-state index in [1.807, 2.05) is 0 Å². The molecule has 0 amide bonds. The predicted octanol–water partition coefficient (Wildman–Crippen LogP) is 14.1. The minimum absolute atomic E-state index is 0.0436. The summed E-state index contributed by atoms with van der Waals surface area (Å²) in [4.78, 5) is 12.7. The number of alkyl halides is 13. The largest absolute Gasteiger partial charge is 0.462 e. The van der Waals surface area contributed by atoms with Crippen molar-refractivity contribution in [2.45, 2.75) is 192 Å². The summed E-state index contributed by atoms with van der Waals surface area (Å²) in [5, 5.41) is 0. The Bertz CT molecular complexity index is 1300. The van der Waals surface area contributed by atoms with Crippen molar-refractivity contribution in [3.8, 4) is 0 Å². The molecule has 4 aliphatic carbocycles. The molecule has 0 N–H and O–H groups in total. The summed E-state index contributed by atoms with van der Waals surface area (Å²) in [6.45, 7) is 12.0. The van der Waals surface area contributed by atoms with Gasteiger partial charge in [0.05, 0.1) is 0 Å². The maximum atomic E-state index is 14.1. The molecule has 322 valence electrons. The van der Waals surface area contributed by atoms with E-state index in [4.69, 9.17) is 4.74 Å². The van der Waals surface area contributed by atoms with Gasteiger partial charge in [-0.2, -0.15) is 57.1 Å². The molecular formula is C40H59F13O2. The molecule has 0 heterocycles. The minimum Gasteiger partial charge on any atom is -0.462 e. The fraction of sp³-hybridized carbons (Fsp3) is 0.975. The fourth-order valence-electron chi connectivity index (χ4n) is 11.5. The molecule has 0 aromatic carbocycles. The first-order chi connectivity index (χ1) is 25.1. The quantitative estimate of drug-likeness (QED) is 0.0830. The van der Waals surface area contributed by atoms with Gasteiger partial charge in [0.15, 0.2) is 0 Å². The molecular weight excluding hydrogens is 759 g/mol. The Labute approximate surface area is 316 Å². The van der Waals surface area contributed by atoms with Gasteiger partial charge in [-0.3, -0.25) is 4.79 Å². The number of carbonyl (C=O) groups excluding carboxylic acids is 1. The van der Waals surface area contributed by atoms with Crippen molar-refractivity contribution < 1.29 is 66.6 Å². The zero-order valence-electron chi connectivity index (χ0n) is 32.6. The van der Waals surface area contributed by atoms with Crippen molar-refractivity contribution in [1.82, 2.24) is 0 Å². The molecule has 4 saturated carbocycles. The monoisotopic (exact) mass is 818 g/mol. The average Bonchev–Trinajstić information content (AvgIpc) is 3.42. The summed E-state index contributed by atoms with van der Waals surface area (Å²) >= 11 is 0. The minimum atomic E-state index is -7.88. The van der Waals surface area contributed by atoms with Gasteiger partial charge in [0.1, 0.15) is 6.10 Å². The van der Waals surface area contributed by atoms with Gasteiger partial charge >= 0.3 is 41.8 Å². The number of fused-ring (bicyclic) bond motifs is 5.